The second kappa shape index (κ2) is 5.19. The fourth-order valence-corrected chi connectivity index (χ4v) is 2.54. The Morgan fingerprint density at radius 3 is 2.63 bits per heavy atom. The van der Waals surface area contributed by atoms with Gasteiger partial charge in [-0.1, -0.05) is 13.0 Å². The van der Waals surface area contributed by atoms with Gasteiger partial charge in [0.2, 0.25) is 5.89 Å². The Morgan fingerprint density at radius 2 is 1.95 bits per heavy atom. The molecule has 0 aliphatic carbocycles. The molecule has 5 nitrogen and oxygen atoms in total. The van der Waals surface area contributed by atoms with Crippen molar-refractivity contribution in [1.82, 2.24) is 14.8 Å². The maximum absolute atomic E-state index is 5.88. The molecular weight excluding hydrogens is 240 g/mol. The highest BCUT2D eigenvalue weighted by atomic mass is 16.3. The van der Waals surface area contributed by atoms with Crippen molar-refractivity contribution in [1.29, 1.82) is 0 Å². The summed E-state index contributed by atoms with van der Waals surface area (Å²) >= 11 is 0. The van der Waals surface area contributed by atoms with Crippen LogP contribution in [0.15, 0.2) is 22.6 Å². The Kier molecular flexibility index (Phi) is 3.40. The van der Waals surface area contributed by atoms with Crippen LogP contribution in [0.25, 0.3) is 11.1 Å². The summed E-state index contributed by atoms with van der Waals surface area (Å²) in [5.74, 6) is 0.762. The van der Waals surface area contributed by atoms with Gasteiger partial charge in [0.1, 0.15) is 5.52 Å². The molecule has 1 fully saturated rings. The summed E-state index contributed by atoms with van der Waals surface area (Å²) < 4.78 is 5.76. The van der Waals surface area contributed by atoms with Gasteiger partial charge in [-0.2, -0.15) is 0 Å². The smallest absolute Gasteiger partial charge is 0.209 e. The van der Waals surface area contributed by atoms with Crippen LogP contribution in [0.5, 0.6) is 0 Å². The van der Waals surface area contributed by atoms with Gasteiger partial charge in [0, 0.05) is 26.2 Å². The second-order valence-electron chi connectivity index (χ2n) is 5.01. The summed E-state index contributed by atoms with van der Waals surface area (Å²) in [6, 6.07) is 5.69. The van der Waals surface area contributed by atoms with Crippen LogP contribution in [-0.4, -0.2) is 47.5 Å². The van der Waals surface area contributed by atoms with Gasteiger partial charge >= 0.3 is 0 Å². The molecule has 2 N–H and O–H groups in total. The van der Waals surface area contributed by atoms with Crippen LogP contribution < -0.4 is 5.73 Å². The highest BCUT2D eigenvalue weighted by Crippen LogP contribution is 2.22. The van der Waals surface area contributed by atoms with Gasteiger partial charge in [-0.25, -0.2) is 4.98 Å². The SMILES string of the molecule is CCN1CCN(Cc2nc3cccc(N)c3o2)CC1. The molecule has 2 heterocycles. The fourth-order valence-electron chi connectivity index (χ4n) is 2.54. The molecule has 0 saturated carbocycles. The quantitative estimate of drug-likeness (QED) is 0.848. The van der Waals surface area contributed by atoms with Crippen molar-refractivity contribution in [3.8, 4) is 0 Å². The Morgan fingerprint density at radius 1 is 1.21 bits per heavy atom. The van der Waals surface area contributed by atoms with E-state index in [0.717, 1.165) is 50.7 Å². The lowest BCUT2D eigenvalue weighted by molar-refractivity contribution is 0.124. The van der Waals surface area contributed by atoms with E-state index in [-0.39, 0.29) is 0 Å². The summed E-state index contributed by atoms with van der Waals surface area (Å²) in [5, 5.41) is 0. The van der Waals surface area contributed by atoms with Crippen LogP contribution in [0.3, 0.4) is 0 Å². The molecule has 1 aliphatic rings. The lowest BCUT2D eigenvalue weighted by Gasteiger charge is -2.33. The van der Waals surface area contributed by atoms with E-state index in [1.165, 1.54) is 0 Å². The third-order valence-corrected chi connectivity index (χ3v) is 3.76. The third-order valence-electron chi connectivity index (χ3n) is 3.76. The Labute approximate surface area is 113 Å². The molecule has 5 heteroatoms. The van der Waals surface area contributed by atoms with Gasteiger partial charge in [-0.3, -0.25) is 4.90 Å². The summed E-state index contributed by atoms with van der Waals surface area (Å²) in [7, 11) is 0. The largest absolute Gasteiger partial charge is 0.437 e. The molecular formula is C14H20N4O. The number of nitrogens with two attached hydrogens (primary N) is 1. The first-order valence-electron chi connectivity index (χ1n) is 6.85. The zero-order chi connectivity index (χ0) is 13.2. The Balaban J connectivity index is 1.70. The molecule has 0 radical (unpaired) electrons. The van der Waals surface area contributed by atoms with Crippen molar-refractivity contribution in [2.24, 2.45) is 0 Å². The number of oxazole rings is 1. The fraction of sp³-hybridized carbons (Fsp3) is 0.500. The zero-order valence-corrected chi connectivity index (χ0v) is 11.3. The van der Waals surface area contributed by atoms with E-state index < -0.39 is 0 Å². The van der Waals surface area contributed by atoms with Crippen molar-refractivity contribution in [2.75, 3.05) is 38.5 Å². The lowest BCUT2D eigenvalue weighted by Crippen LogP contribution is -2.45. The van der Waals surface area contributed by atoms with E-state index in [1.54, 1.807) is 0 Å². The average molecular weight is 260 g/mol. The normalized spacial score (nSPS) is 18.2. The van der Waals surface area contributed by atoms with E-state index in [1.807, 2.05) is 18.2 Å². The highest BCUT2D eigenvalue weighted by Gasteiger charge is 2.18. The third kappa shape index (κ3) is 2.57. The number of hydrogen-bond donors (Lipinski definition) is 1. The van der Waals surface area contributed by atoms with Crippen LogP contribution in [0.2, 0.25) is 0 Å². The molecule has 0 amide bonds. The number of para-hydroxylation sites is 1. The minimum Gasteiger partial charge on any atom is -0.437 e. The van der Waals surface area contributed by atoms with Crippen molar-refractivity contribution >= 4 is 16.8 Å². The van der Waals surface area contributed by atoms with Crippen LogP contribution in [-0.2, 0) is 6.54 Å². The van der Waals surface area contributed by atoms with Crippen LogP contribution in [0.1, 0.15) is 12.8 Å². The van der Waals surface area contributed by atoms with Crippen molar-refractivity contribution in [2.45, 2.75) is 13.5 Å². The Hall–Kier alpha value is -1.59. The van der Waals surface area contributed by atoms with Gasteiger partial charge in [-0.15, -0.1) is 0 Å². The van der Waals surface area contributed by atoms with E-state index in [4.69, 9.17) is 10.2 Å². The van der Waals surface area contributed by atoms with Gasteiger partial charge in [-0.05, 0) is 18.7 Å². The standard InChI is InChI=1S/C14H20N4O/c1-2-17-6-8-18(9-7-17)10-13-16-12-5-3-4-11(15)14(12)19-13/h3-5H,2,6-10,15H2,1H3. The number of nitrogens with zero attached hydrogens (tertiary/aromatic N) is 3. The minimum atomic E-state index is 0.659. The number of anilines is 1. The number of fused-ring (bicyclic) bond motifs is 1. The summed E-state index contributed by atoms with van der Waals surface area (Å²) in [5.41, 5.74) is 8.11. The monoisotopic (exact) mass is 260 g/mol. The van der Waals surface area contributed by atoms with Gasteiger partial charge in [0.25, 0.3) is 0 Å². The van der Waals surface area contributed by atoms with Crippen molar-refractivity contribution < 1.29 is 4.42 Å². The first-order chi connectivity index (χ1) is 9.26. The molecule has 1 aromatic heterocycles. The van der Waals surface area contributed by atoms with Gasteiger partial charge in [0.15, 0.2) is 5.58 Å². The summed E-state index contributed by atoms with van der Waals surface area (Å²) in [4.78, 5) is 9.35. The number of aromatic nitrogens is 1. The molecule has 1 saturated heterocycles. The summed E-state index contributed by atoms with van der Waals surface area (Å²) in [6.45, 7) is 8.50. The molecule has 102 valence electrons. The first kappa shape index (κ1) is 12.4. The Bertz CT molecular complexity index is 558. The van der Waals surface area contributed by atoms with E-state index in [9.17, 15) is 0 Å². The van der Waals surface area contributed by atoms with Crippen molar-refractivity contribution in [3.05, 3.63) is 24.1 Å². The van der Waals surface area contributed by atoms with Crippen LogP contribution in [0, 0.1) is 0 Å². The van der Waals surface area contributed by atoms with E-state index >= 15 is 0 Å². The molecule has 0 bridgehead atoms. The molecule has 3 rings (SSSR count). The van der Waals surface area contributed by atoms with Gasteiger partial charge in [0.05, 0.1) is 12.2 Å². The second-order valence-corrected chi connectivity index (χ2v) is 5.01. The van der Waals surface area contributed by atoms with E-state index in [2.05, 4.69) is 21.7 Å². The van der Waals surface area contributed by atoms with E-state index in [0.29, 0.717) is 11.3 Å². The van der Waals surface area contributed by atoms with Crippen LogP contribution >= 0.6 is 0 Å². The maximum atomic E-state index is 5.88. The zero-order valence-electron chi connectivity index (χ0n) is 11.3. The number of nitrogen functional groups attached to an aromatic ring is 1. The molecule has 1 aliphatic heterocycles. The first-order valence-corrected chi connectivity index (χ1v) is 6.85. The number of likely N-dealkylation sites (N-methyl/N-ethyl adjacent to an activating group) is 1. The minimum absolute atomic E-state index is 0.659. The molecule has 0 spiro atoms. The topological polar surface area (TPSA) is 58.5 Å². The van der Waals surface area contributed by atoms with Crippen molar-refractivity contribution in [3.63, 3.8) is 0 Å². The average Bonchev–Trinajstić information content (AvgIpc) is 2.84. The molecule has 2 aromatic rings. The lowest BCUT2D eigenvalue weighted by atomic mass is 10.3. The van der Waals surface area contributed by atoms with Gasteiger partial charge < -0.3 is 15.1 Å². The number of benzene rings is 1. The predicted molar refractivity (Wildman–Crippen MR) is 75.8 cm³/mol. The van der Waals surface area contributed by atoms with Crippen LogP contribution in [0.4, 0.5) is 5.69 Å². The number of rotatable bonds is 3. The molecule has 0 unspecified atom stereocenters. The predicted octanol–water partition coefficient (Wildman–Crippen LogP) is 1.55. The molecule has 1 aromatic carbocycles. The number of piperazine rings is 1. The maximum Gasteiger partial charge on any atom is 0.209 e. The highest BCUT2D eigenvalue weighted by molar-refractivity contribution is 5.84. The molecule has 19 heavy (non-hydrogen) atoms. The molecule has 0 atom stereocenters. The number of hydrogen-bond acceptors (Lipinski definition) is 5. The summed E-state index contributed by atoms with van der Waals surface area (Å²) in [6.07, 6.45) is 0.